The molecule has 7 nitrogen and oxygen atoms in total. The number of anilines is 1. The fourth-order valence-electron chi connectivity index (χ4n) is 4.12. The van der Waals surface area contributed by atoms with Crippen molar-refractivity contribution in [1.82, 2.24) is 19.3 Å². The van der Waals surface area contributed by atoms with Gasteiger partial charge in [-0.1, -0.05) is 66.2 Å². The topological polar surface area (TPSA) is 88.4 Å². The van der Waals surface area contributed by atoms with E-state index in [4.69, 9.17) is 16.6 Å². The van der Waals surface area contributed by atoms with Crippen molar-refractivity contribution in [2.45, 2.75) is 24.4 Å². The summed E-state index contributed by atoms with van der Waals surface area (Å²) in [6.45, 7) is 0.115. The summed E-state index contributed by atoms with van der Waals surface area (Å²) in [5.41, 5.74) is 4.69. The Bertz CT molecular complexity index is 1730. The maximum absolute atomic E-state index is 12.7. The molecule has 39 heavy (non-hydrogen) atoms. The largest absolute Gasteiger partial charge is 0.366 e. The Morgan fingerprint density at radius 2 is 1.67 bits per heavy atom. The zero-order valence-corrected chi connectivity index (χ0v) is 23.8. The standard InChI is InChI=1S/C28H24BrClFN5O2S/c29-24-18-33-36-27(15-26(35-28(24)36)23-6-1-2-7-25(23)30)32-16-20-4-3-5-21(14-20)17-34-39(37,38)22-10-8-19(9-11-22)12-13-31/h1-11,14-15,18,32,34H,12-13,16-17H2. The smallest absolute Gasteiger partial charge is 0.240 e. The molecule has 0 fully saturated rings. The SMILES string of the molecule is O=S(=O)(NCc1cccc(CNc2cc(-c3ccccc3Cl)nc3c(Br)cnn23)c1)c1ccc(CCF)cc1. The number of aryl methyl sites for hydroxylation is 1. The van der Waals surface area contributed by atoms with Gasteiger partial charge in [-0.25, -0.2) is 18.1 Å². The zero-order chi connectivity index (χ0) is 27.4. The molecule has 0 bridgehead atoms. The molecule has 0 spiro atoms. The molecule has 2 N–H and O–H groups in total. The predicted molar refractivity (Wildman–Crippen MR) is 155 cm³/mol. The Kier molecular flexibility index (Phi) is 8.27. The number of benzene rings is 3. The molecule has 0 saturated heterocycles. The highest BCUT2D eigenvalue weighted by Gasteiger charge is 2.15. The van der Waals surface area contributed by atoms with Crippen LogP contribution in [0.2, 0.25) is 5.02 Å². The number of alkyl halides is 1. The van der Waals surface area contributed by atoms with Crippen LogP contribution in [0.1, 0.15) is 16.7 Å². The van der Waals surface area contributed by atoms with Crippen LogP contribution in [0.3, 0.4) is 0 Å². The van der Waals surface area contributed by atoms with E-state index in [1.807, 2.05) is 54.6 Å². The third-order valence-electron chi connectivity index (χ3n) is 6.13. The van der Waals surface area contributed by atoms with E-state index >= 15 is 0 Å². The van der Waals surface area contributed by atoms with Gasteiger partial charge in [-0.15, -0.1) is 0 Å². The number of rotatable bonds is 10. The molecule has 5 aromatic rings. The molecule has 0 unspecified atom stereocenters. The predicted octanol–water partition coefficient (Wildman–Crippen LogP) is 6.41. The van der Waals surface area contributed by atoms with Crippen molar-refractivity contribution >= 4 is 49.0 Å². The fourth-order valence-corrected chi connectivity index (χ4v) is 5.72. The highest BCUT2D eigenvalue weighted by atomic mass is 79.9. The first-order valence-electron chi connectivity index (χ1n) is 12.1. The molecule has 0 saturated carbocycles. The number of aromatic nitrogens is 3. The minimum atomic E-state index is -3.71. The van der Waals surface area contributed by atoms with E-state index in [-0.39, 0.29) is 17.9 Å². The second kappa shape index (κ2) is 11.8. The van der Waals surface area contributed by atoms with Gasteiger partial charge in [0.2, 0.25) is 10.0 Å². The van der Waals surface area contributed by atoms with Gasteiger partial charge in [0.1, 0.15) is 5.82 Å². The summed E-state index contributed by atoms with van der Waals surface area (Å²) >= 11 is 9.94. The van der Waals surface area contributed by atoms with E-state index in [1.54, 1.807) is 22.8 Å². The monoisotopic (exact) mass is 627 g/mol. The minimum Gasteiger partial charge on any atom is -0.366 e. The van der Waals surface area contributed by atoms with Crippen LogP contribution in [-0.4, -0.2) is 29.7 Å². The van der Waals surface area contributed by atoms with Crippen molar-refractivity contribution in [3.63, 3.8) is 0 Å². The highest BCUT2D eigenvalue weighted by Crippen LogP contribution is 2.30. The molecule has 0 amide bonds. The summed E-state index contributed by atoms with van der Waals surface area (Å²) in [7, 11) is -3.71. The third kappa shape index (κ3) is 6.30. The van der Waals surface area contributed by atoms with Gasteiger partial charge in [-0.2, -0.15) is 9.61 Å². The number of hydrogen-bond acceptors (Lipinski definition) is 5. The van der Waals surface area contributed by atoms with Crippen molar-refractivity contribution in [1.29, 1.82) is 0 Å². The lowest BCUT2D eigenvalue weighted by Crippen LogP contribution is -2.23. The summed E-state index contributed by atoms with van der Waals surface area (Å²) in [6, 6.07) is 23.3. The Hall–Kier alpha value is -3.31. The van der Waals surface area contributed by atoms with Crippen molar-refractivity contribution in [3.05, 3.63) is 111 Å². The van der Waals surface area contributed by atoms with E-state index in [0.717, 1.165) is 32.5 Å². The second-order valence-electron chi connectivity index (χ2n) is 8.82. The van der Waals surface area contributed by atoms with Gasteiger partial charge < -0.3 is 5.32 Å². The Labute approximate surface area is 239 Å². The number of halogens is 3. The van der Waals surface area contributed by atoms with Gasteiger partial charge in [-0.05, 0) is 50.8 Å². The summed E-state index contributed by atoms with van der Waals surface area (Å²) in [6.07, 6.45) is 1.95. The first-order valence-corrected chi connectivity index (χ1v) is 14.7. The van der Waals surface area contributed by atoms with Gasteiger partial charge in [-0.3, -0.25) is 4.39 Å². The molecule has 2 heterocycles. The number of nitrogens with zero attached hydrogens (tertiary/aromatic N) is 3. The third-order valence-corrected chi connectivity index (χ3v) is 8.43. The fraction of sp³-hybridized carbons (Fsp3) is 0.143. The normalized spacial score (nSPS) is 11.7. The maximum Gasteiger partial charge on any atom is 0.240 e. The molecule has 0 aliphatic rings. The van der Waals surface area contributed by atoms with Gasteiger partial charge in [0.15, 0.2) is 5.65 Å². The zero-order valence-electron chi connectivity index (χ0n) is 20.6. The Morgan fingerprint density at radius 3 is 2.41 bits per heavy atom. The first kappa shape index (κ1) is 27.3. The van der Waals surface area contributed by atoms with E-state index in [2.05, 4.69) is 31.1 Å². The number of hydrogen-bond donors (Lipinski definition) is 2. The second-order valence-corrected chi connectivity index (χ2v) is 11.8. The number of fused-ring (bicyclic) bond motifs is 1. The lowest BCUT2D eigenvalue weighted by molar-refractivity contribution is 0.495. The van der Waals surface area contributed by atoms with Crippen LogP contribution in [-0.2, 0) is 29.5 Å². The summed E-state index contributed by atoms with van der Waals surface area (Å²) in [4.78, 5) is 4.87. The molecule has 5 rings (SSSR count). The van der Waals surface area contributed by atoms with E-state index < -0.39 is 16.7 Å². The van der Waals surface area contributed by atoms with Gasteiger partial charge in [0, 0.05) is 36.2 Å². The lowest BCUT2D eigenvalue weighted by Gasteiger charge is -2.13. The van der Waals surface area contributed by atoms with Crippen LogP contribution in [0.15, 0.2) is 94.4 Å². The number of sulfonamides is 1. The van der Waals surface area contributed by atoms with Crippen LogP contribution in [0.5, 0.6) is 0 Å². The quantitative estimate of drug-likeness (QED) is 0.187. The highest BCUT2D eigenvalue weighted by molar-refractivity contribution is 9.10. The molecule has 0 atom stereocenters. The summed E-state index contributed by atoms with van der Waals surface area (Å²) < 4.78 is 43.1. The maximum atomic E-state index is 12.7. The Balaban J connectivity index is 1.31. The van der Waals surface area contributed by atoms with Crippen molar-refractivity contribution in [3.8, 4) is 11.3 Å². The van der Waals surface area contributed by atoms with Crippen LogP contribution in [0.25, 0.3) is 16.9 Å². The molecule has 3 aromatic carbocycles. The molecule has 200 valence electrons. The van der Waals surface area contributed by atoms with Crippen LogP contribution < -0.4 is 10.0 Å². The molecule has 0 aliphatic carbocycles. The molecular formula is C28H24BrClFN5O2S. The van der Waals surface area contributed by atoms with Crippen LogP contribution in [0.4, 0.5) is 10.2 Å². The molecule has 11 heteroatoms. The summed E-state index contributed by atoms with van der Waals surface area (Å²) in [5, 5.41) is 8.44. The van der Waals surface area contributed by atoms with E-state index in [9.17, 15) is 12.8 Å². The Morgan fingerprint density at radius 1 is 0.923 bits per heavy atom. The van der Waals surface area contributed by atoms with Crippen LogP contribution in [0, 0.1) is 0 Å². The molecule has 0 radical (unpaired) electrons. The van der Waals surface area contributed by atoms with Crippen molar-refractivity contribution < 1.29 is 12.8 Å². The van der Waals surface area contributed by atoms with Gasteiger partial charge in [0.25, 0.3) is 0 Å². The van der Waals surface area contributed by atoms with E-state index in [1.165, 1.54) is 12.1 Å². The average molecular weight is 629 g/mol. The molecular weight excluding hydrogens is 605 g/mol. The molecule has 2 aromatic heterocycles. The molecule has 0 aliphatic heterocycles. The van der Waals surface area contributed by atoms with E-state index in [0.29, 0.717) is 22.9 Å². The average Bonchev–Trinajstić information content (AvgIpc) is 3.32. The van der Waals surface area contributed by atoms with Crippen molar-refractivity contribution in [2.75, 3.05) is 12.0 Å². The van der Waals surface area contributed by atoms with Gasteiger partial charge in [0.05, 0.1) is 27.9 Å². The van der Waals surface area contributed by atoms with Crippen molar-refractivity contribution in [2.24, 2.45) is 0 Å². The minimum absolute atomic E-state index is 0.130. The first-order chi connectivity index (χ1) is 18.8. The summed E-state index contributed by atoms with van der Waals surface area (Å²) in [5.74, 6) is 0.725. The number of nitrogens with one attached hydrogen (secondary N) is 2. The van der Waals surface area contributed by atoms with Crippen LogP contribution >= 0.6 is 27.5 Å². The van der Waals surface area contributed by atoms with Gasteiger partial charge >= 0.3 is 0 Å². The lowest BCUT2D eigenvalue weighted by atomic mass is 10.1.